The van der Waals surface area contributed by atoms with E-state index in [9.17, 15) is 14.4 Å². The van der Waals surface area contributed by atoms with Gasteiger partial charge in [0.1, 0.15) is 11.5 Å². The Morgan fingerprint density at radius 2 is 1.53 bits per heavy atom. The molecule has 0 bridgehead atoms. The normalized spacial score (nSPS) is 9.70. The molecule has 3 N–H and O–H groups in total. The lowest BCUT2D eigenvalue weighted by Crippen LogP contribution is -2.43. The van der Waals surface area contributed by atoms with Crippen LogP contribution in [0.1, 0.15) is 13.3 Å². The van der Waals surface area contributed by atoms with Crippen LogP contribution in [0.2, 0.25) is 0 Å². The summed E-state index contributed by atoms with van der Waals surface area (Å²) in [5, 5.41) is 7.24. The molecule has 0 atom stereocenters. The maximum absolute atomic E-state index is 11.9. The highest BCUT2D eigenvalue weighted by molar-refractivity contribution is 6.03. The summed E-state index contributed by atoms with van der Waals surface area (Å²) >= 11 is 0. The van der Waals surface area contributed by atoms with Crippen molar-refractivity contribution in [2.75, 3.05) is 19.5 Å². The number of carbonyl (C=O) groups excluding carboxylic acids is 3. The van der Waals surface area contributed by atoms with Crippen LogP contribution in [-0.2, 0) is 14.3 Å². The number of carbonyl (C=O) groups is 3. The fraction of sp³-hybridized carbons (Fsp3) is 0.200. The molecule has 0 unspecified atom stereocenters. The lowest BCUT2D eigenvalue weighted by molar-refractivity contribution is -0.115. The number of amides is 3. The van der Waals surface area contributed by atoms with Gasteiger partial charge < -0.3 is 19.5 Å². The summed E-state index contributed by atoms with van der Waals surface area (Å²) in [6, 6.07) is 13.8. The third-order valence-corrected chi connectivity index (χ3v) is 3.59. The minimum absolute atomic E-state index is 0.216. The Labute approximate surface area is 173 Å². The molecule has 0 aliphatic heterocycles. The van der Waals surface area contributed by atoms with Gasteiger partial charge in [-0.15, -0.1) is 0 Å². The third kappa shape index (κ3) is 6.82. The van der Waals surface area contributed by atoms with E-state index in [1.165, 1.54) is 6.07 Å². The van der Waals surface area contributed by atoms with Gasteiger partial charge in [0, 0.05) is 12.5 Å². The molecule has 0 heterocycles. The Balaban J connectivity index is 2.44. The minimum atomic E-state index is -0.860. The number of ether oxygens (including phenoxy) is 3. The molecule has 10 nitrogen and oxygen atoms in total. The van der Waals surface area contributed by atoms with E-state index in [4.69, 9.17) is 4.74 Å². The van der Waals surface area contributed by atoms with Crippen molar-refractivity contribution in [1.29, 1.82) is 0 Å². The predicted octanol–water partition coefficient (Wildman–Crippen LogP) is 3.53. The van der Waals surface area contributed by atoms with Crippen molar-refractivity contribution in [1.82, 2.24) is 10.6 Å². The highest BCUT2D eigenvalue weighted by Gasteiger charge is 2.14. The first-order valence-electron chi connectivity index (χ1n) is 8.90. The maximum Gasteiger partial charge on any atom is 0.413 e. The standard InChI is InChI=1S/C20H22N4O6/c1-4-17(25)21-15-11-10-14(30-13-8-6-5-7-9-13)12-16(15)22-18(23-19(26)28-2)24-20(27)29-3/h5-12H,4H2,1-3H3,(H,21,25)(H2,22,23,24,26,27). The van der Waals surface area contributed by atoms with Gasteiger partial charge in [0.2, 0.25) is 11.9 Å². The monoisotopic (exact) mass is 414 g/mol. The average Bonchev–Trinajstić information content (AvgIpc) is 2.75. The van der Waals surface area contributed by atoms with Crippen LogP contribution in [0, 0.1) is 0 Å². The lowest BCUT2D eigenvalue weighted by atomic mass is 10.2. The van der Waals surface area contributed by atoms with E-state index < -0.39 is 12.2 Å². The van der Waals surface area contributed by atoms with Gasteiger partial charge in [0.05, 0.1) is 25.6 Å². The first-order valence-corrected chi connectivity index (χ1v) is 8.90. The molecule has 0 radical (unpaired) electrons. The van der Waals surface area contributed by atoms with Crippen LogP contribution in [0.3, 0.4) is 0 Å². The summed E-state index contributed by atoms with van der Waals surface area (Å²) < 4.78 is 14.8. The van der Waals surface area contributed by atoms with Crippen molar-refractivity contribution in [3.63, 3.8) is 0 Å². The zero-order chi connectivity index (χ0) is 21.9. The SMILES string of the molecule is CCC(=O)Nc1ccc(Oc2ccccc2)cc1N=C(NC(=O)OC)NC(=O)OC. The molecule has 2 aromatic carbocycles. The quantitative estimate of drug-likeness (QED) is 0.507. The van der Waals surface area contributed by atoms with Crippen LogP contribution < -0.4 is 20.7 Å². The number of aliphatic imine (C=N–C) groups is 1. The summed E-state index contributed by atoms with van der Waals surface area (Å²) in [6.07, 6.45) is -1.47. The molecular formula is C20H22N4O6. The van der Waals surface area contributed by atoms with Crippen LogP contribution in [0.15, 0.2) is 53.5 Å². The third-order valence-electron chi connectivity index (χ3n) is 3.59. The first-order chi connectivity index (χ1) is 14.4. The molecule has 0 aliphatic carbocycles. The van der Waals surface area contributed by atoms with Crippen LogP contribution in [0.4, 0.5) is 21.0 Å². The molecule has 2 rings (SSSR count). The van der Waals surface area contributed by atoms with Crippen LogP contribution in [-0.4, -0.2) is 38.3 Å². The Hall–Kier alpha value is -4.08. The first kappa shape index (κ1) is 22.2. The van der Waals surface area contributed by atoms with Gasteiger partial charge in [-0.2, -0.15) is 0 Å². The van der Waals surface area contributed by atoms with Crippen molar-refractivity contribution in [2.24, 2.45) is 4.99 Å². The second-order valence-corrected chi connectivity index (χ2v) is 5.69. The summed E-state index contributed by atoms with van der Waals surface area (Å²) in [6.45, 7) is 1.70. The number of para-hydroxylation sites is 1. The van der Waals surface area contributed by atoms with E-state index in [0.717, 1.165) is 14.2 Å². The Morgan fingerprint density at radius 3 is 2.10 bits per heavy atom. The van der Waals surface area contributed by atoms with Gasteiger partial charge in [0.25, 0.3) is 0 Å². The highest BCUT2D eigenvalue weighted by atomic mass is 16.5. The Bertz CT molecular complexity index is 910. The van der Waals surface area contributed by atoms with Gasteiger partial charge in [-0.25, -0.2) is 14.6 Å². The van der Waals surface area contributed by atoms with Gasteiger partial charge in [-0.3, -0.25) is 15.4 Å². The average molecular weight is 414 g/mol. The zero-order valence-corrected chi connectivity index (χ0v) is 16.7. The van der Waals surface area contributed by atoms with Crippen molar-refractivity contribution in [3.8, 4) is 11.5 Å². The summed E-state index contributed by atoms with van der Waals surface area (Å²) in [5.41, 5.74) is 0.561. The fourth-order valence-corrected chi connectivity index (χ4v) is 2.14. The summed E-state index contributed by atoms with van der Waals surface area (Å²) in [7, 11) is 2.32. The number of methoxy groups -OCH3 is 2. The number of hydrogen-bond donors (Lipinski definition) is 3. The molecule has 158 valence electrons. The van der Waals surface area contributed by atoms with Crippen LogP contribution in [0.25, 0.3) is 0 Å². The summed E-state index contributed by atoms with van der Waals surface area (Å²) in [4.78, 5) is 39.3. The van der Waals surface area contributed by atoms with E-state index >= 15 is 0 Å². The maximum atomic E-state index is 11.9. The topological polar surface area (TPSA) is 127 Å². The van der Waals surface area contributed by atoms with Gasteiger partial charge in [-0.1, -0.05) is 25.1 Å². The van der Waals surface area contributed by atoms with Gasteiger partial charge in [0.15, 0.2) is 0 Å². The molecule has 0 spiro atoms. The van der Waals surface area contributed by atoms with Crippen molar-refractivity contribution < 1.29 is 28.6 Å². The molecule has 0 saturated heterocycles. The number of alkyl carbamates (subject to hydrolysis) is 2. The molecule has 10 heteroatoms. The highest BCUT2D eigenvalue weighted by Crippen LogP contribution is 2.32. The van der Waals surface area contributed by atoms with E-state index in [-0.39, 0.29) is 24.0 Å². The number of nitrogens with zero attached hydrogens (tertiary/aromatic N) is 1. The van der Waals surface area contributed by atoms with Crippen LogP contribution >= 0.6 is 0 Å². The minimum Gasteiger partial charge on any atom is -0.457 e. The number of hydrogen-bond acceptors (Lipinski definition) is 7. The smallest absolute Gasteiger partial charge is 0.413 e. The van der Waals surface area contributed by atoms with Crippen LogP contribution in [0.5, 0.6) is 11.5 Å². The fourth-order valence-electron chi connectivity index (χ4n) is 2.14. The zero-order valence-electron chi connectivity index (χ0n) is 16.7. The van der Waals surface area contributed by atoms with E-state index in [2.05, 4.69) is 30.4 Å². The molecule has 0 aliphatic rings. The number of benzene rings is 2. The molecule has 0 fully saturated rings. The Kier molecular flexibility index (Phi) is 8.18. The molecule has 0 aromatic heterocycles. The van der Waals surface area contributed by atoms with Gasteiger partial charge >= 0.3 is 12.2 Å². The van der Waals surface area contributed by atoms with E-state index in [0.29, 0.717) is 17.2 Å². The molecule has 3 amide bonds. The van der Waals surface area contributed by atoms with Gasteiger partial charge in [-0.05, 0) is 24.3 Å². The number of anilines is 1. The molecule has 2 aromatic rings. The van der Waals surface area contributed by atoms with E-state index in [1.54, 1.807) is 31.2 Å². The number of guanidine groups is 1. The number of nitrogens with one attached hydrogen (secondary N) is 3. The van der Waals surface area contributed by atoms with Crippen molar-refractivity contribution in [2.45, 2.75) is 13.3 Å². The lowest BCUT2D eigenvalue weighted by Gasteiger charge is -2.13. The van der Waals surface area contributed by atoms with Crippen molar-refractivity contribution in [3.05, 3.63) is 48.5 Å². The molecule has 30 heavy (non-hydrogen) atoms. The van der Waals surface area contributed by atoms with E-state index in [1.807, 2.05) is 18.2 Å². The molecular weight excluding hydrogens is 392 g/mol. The van der Waals surface area contributed by atoms with Crippen molar-refractivity contribution >= 4 is 35.4 Å². The second kappa shape index (κ2) is 11.1. The largest absolute Gasteiger partial charge is 0.457 e. The number of rotatable bonds is 5. The Morgan fingerprint density at radius 1 is 0.900 bits per heavy atom. The summed E-state index contributed by atoms with van der Waals surface area (Å²) in [5.74, 6) is 0.507. The predicted molar refractivity (Wildman–Crippen MR) is 110 cm³/mol. The molecule has 0 saturated carbocycles. The second-order valence-electron chi connectivity index (χ2n) is 5.69.